The van der Waals surface area contributed by atoms with Gasteiger partial charge < -0.3 is 9.30 Å². The van der Waals surface area contributed by atoms with E-state index in [1.165, 1.54) is 5.56 Å². The molecular formula is C15H19N3OS. The number of aryl methyl sites for hydroxylation is 2. The summed E-state index contributed by atoms with van der Waals surface area (Å²) in [6.45, 7) is 7.13. The molecule has 0 aliphatic rings. The fourth-order valence-electron chi connectivity index (χ4n) is 1.98. The topological polar surface area (TPSA) is 42.8 Å². The lowest BCUT2D eigenvalue weighted by Crippen LogP contribution is -2.06. The minimum Gasteiger partial charge on any atom is -0.494 e. The number of ether oxygens (including phenoxy) is 1. The number of aromatic amines is 1. The van der Waals surface area contributed by atoms with Crippen LogP contribution in [0, 0.1) is 11.7 Å². The van der Waals surface area contributed by atoms with Gasteiger partial charge in [0.1, 0.15) is 11.6 Å². The maximum absolute atomic E-state index is 5.72. The molecule has 106 valence electrons. The highest BCUT2D eigenvalue weighted by atomic mass is 32.1. The third-order valence-electron chi connectivity index (χ3n) is 2.95. The van der Waals surface area contributed by atoms with E-state index in [2.05, 4.69) is 29.8 Å². The van der Waals surface area contributed by atoms with Crippen molar-refractivity contribution in [3.63, 3.8) is 0 Å². The third kappa shape index (κ3) is 3.81. The van der Waals surface area contributed by atoms with Gasteiger partial charge in [0.15, 0.2) is 4.77 Å². The van der Waals surface area contributed by atoms with E-state index in [1.54, 1.807) is 0 Å². The Bertz CT molecular complexity index is 630. The zero-order chi connectivity index (χ0) is 14.4. The van der Waals surface area contributed by atoms with Gasteiger partial charge in [-0.25, -0.2) is 0 Å². The standard InChI is InChI=1S/C15H19N3OS/c1-3-9-18-14(16-17-15(18)20)8-5-10-19-13-7-4-6-12(2)11-13/h3-4,6-7,11H,1,5,8-10H2,2H3,(H,17,20). The van der Waals surface area contributed by atoms with Crippen molar-refractivity contribution in [3.8, 4) is 5.75 Å². The Kier molecular flexibility index (Phi) is 5.12. The molecule has 0 fully saturated rings. The van der Waals surface area contributed by atoms with Crippen molar-refractivity contribution in [3.05, 3.63) is 53.1 Å². The van der Waals surface area contributed by atoms with Crippen LogP contribution in [0.4, 0.5) is 0 Å². The van der Waals surface area contributed by atoms with Crippen LogP contribution in [0.25, 0.3) is 0 Å². The monoisotopic (exact) mass is 289 g/mol. The van der Waals surface area contributed by atoms with Crippen LogP contribution in [-0.4, -0.2) is 21.4 Å². The van der Waals surface area contributed by atoms with Gasteiger partial charge in [0.05, 0.1) is 6.61 Å². The minimum absolute atomic E-state index is 0.638. The molecule has 4 nitrogen and oxygen atoms in total. The second-order valence-corrected chi connectivity index (χ2v) is 5.00. The van der Waals surface area contributed by atoms with Crippen LogP contribution in [0.2, 0.25) is 0 Å². The second-order valence-electron chi connectivity index (χ2n) is 4.61. The average Bonchev–Trinajstić information content (AvgIpc) is 2.77. The van der Waals surface area contributed by atoms with Crippen molar-refractivity contribution < 1.29 is 4.74 Å². The summed E-state index contributed by atoms with van der Waals surface area (Å²) < 4.78 is 8.31. The summed E-state index contributed by atoms with van der Waals surface area (Å²) >= 11 is 5.17. The van der Waals surface area contributed by atoms with Crippen molar-refractivity contribution in [2.75, 3.05) is 6.61 Å². The summed E-state index contributed by atoms with van der Waals surface area (Å²) in [6, 6.07) is 8.06. The fourth-order valence-corrected chi connectivity index (χ4v) is 2.21. The first-order chi connectivity index (χ1) is 9.70. The number of hydrogen-bond donors (Lipinski definition) is 1. The van der Waals surface area contributed by atoms with E-state index in [1.807, 2.05) is 28.8 Å². The molecule has 0 unspecified atom stereocenters. The first kappa shape index (κ1) is 14.5. The summed E-state index contributed by atoms with van der Waals surface area (Å²) in [5, 5.41) is 7.05. The maximum Gasteiger partial charge on any atom is 0.195 e. The van der Waals surface area contributed by atoms with Gasteiger partial charge in [-0.1, -0.05) is 18.2 Å². The normalized spacial score (nSPS) is 10.4. The van der Waals surface area contributed by atoms with Gasteiger partial charge in [0.25, 0.3) is 0 Å². The first-order valence-corrected chi connectivity index (χ1v) is 7.06. The lowest BCUT2D eigenvalue weighted by molar-refractivity contribution is 0.309. The van der Waals surface area contributed by atoms with Crippen LogP contribution < -0.4 is 4.74 Å². The summed E-state index contributed by atoms with van der Waals surface area (Å²) in [7, 11) is 0. The molecule has 0 saturated carbocycles. The molecule has 0 amide bonds. The van der Waals surface area contributed by atoms with E-state index >= 15 is 0 Å². The maximum atomic E-state index is 5.72. The average molecular weight is 289 g/mol. The number of hydrogen-bond acceptors (Lipinski definition) is 3. The molecular weight excluding hydrogens is 270 g/mol. The van der Waals surface area contributed by atoms with Gasteiger partial charge in [-0.2, -0.15) is 5.10 Å². The Labute approximate surface area is 124 Å². The highest BCUT2D eigenvalue weighted by Crippen LogP contribution is 2.13. The molecule has 1 N–H and O–H groups in total. The molecule has 20 heavy (non-hydrogen) atoms. The molecule has 0 radical (unpaired) electrons. The number of allylic oxidation sites excluding steroid dienone is 1. The van der Waals surface area contributed by atoms with Crippen molar-refractivity contribution >= 4 is 12.2 Å². The van der Waals surface area contributed by atoms with Crippen molar-refractivity contribution in [1.82, 2.24) is 14.8 Å². The number of nitrogens with one attached hydrogen (secondary N) is 1. The molecule has 1 aromatic carbocycles. The van der Waals surface area contributed by atoms with Crippen LogP contribution in [0.15, 0.2) is 36.9 Å². The van der Waals surface area contributed by atoms with Crippen LogP contribution in [0.5, 0.6) is 5.75 Å². The molecule has 0 aliphatic heterocycles. The Hall–Kier alpha value is -1.88. The Morgan fingerprint density at radius 1 is 1.50 bits per heavy atom. The highest BCUT2D eigenvalue weighted by molar-refractivity contribution is 7.71. The predicted octanol–water partition coefficient (Wildman–Crippen LogP) is 3.45. The van der Waals surface area contributed by atoms with Gasteiger partial charge in [-0.15, -0.1) is 6.58 Å². The van der Waals surface area contributed by atoms with Crippen molar-refractivity contribution in [2.24, 2.45) is 0 Å². The van der Waals surface area contributed by atoms with Crippen molar-refractivity contribution in [1.29, 1.82) is 0 Å². The molecule has 5 heteroatoms. The van der Waals surface area contributed by atoms with Gasteiger partial charge >= 0.3 is 0 Å². The Balaban J connectivity index is 1.84. The van der Waals surface area contributed by atoms with E-state index < -0.39 is 0 Å². The first-order valence-electron chi connectivity index (χ1n) is 6.65. The smallest absolute Gasteiger partial charge is 0.195 e. The molecule has 0 bridgehead atoms. The molecule has 0 saturated heterocycles. The third-order valence-corrected chi connectivity index (χ3v) is 3.26. The van der Waals surface area contributed by atoms with Gasteiger partial charge in [0, 0.05) is 13.0 Å². The molecule has 1 aromatic heterocycles. The summed E-state index contributed by atoms with van der Waals surface area (Å²) in [5.74, 6) is 1.86. The van der Waals surface area contributed by atoms with Gasteiger partial charge in [-0.05, 0) is 43.3 Å². The van der Waals surface area contributed by atoms with Gasteiger partial charge in [-0.3, -0.25) is 5.10 Å². The van der Waals surface area contributed by atoms with Crippen LogP contribution in [0.3, 0.4) is 0 Å². The molecule has 0 atom stereocenters. The molecule has 2 rings (SSSR count). The predicted molar refractivity (Wildman–Crippen MR) is 82.6 cm³/mol. The fraction of sp³-hybridized carbons (Fsp3) is 0.333. The van der Waals surface area contributed by atoms with Crippen LogP contribution >= 0.6 is 12.2 Å². The summed E-state index contributed by atoms with van der Waals surface area (Å²) in [6.07, 6.45) is 3.54. The van der Waals surface area contributed by atoms with E-state index in [0.717, 1.165) is 24.4 Å². The highest BCUT2D eigenvalue weighted by Gasteiger charge is 2.04. The zero-order valence-corrected chi connectivity index (χ0v) is 12.4. The number of nitrogens with zero attached hydrogens (tertiary/aromatic N) is 2. The van der Waals surface area contributed by atoms with Crippen molar-refractivity contribution in [2.45, 2.75) is 26.3 Å². The molecule has 1 heterocycles. The van der Waals surface area contributed by atoms with Crippen LogP contribution in [0.1, 0.15) is 17.8 Å². The van der Waals surface area contributed by atoms with Gasteiger partial charge in [0.2, 0.25) is 0 Å². The Morgan fingerprint density at radius 2 is 2.35 bits per heavy atom. The largest absolute Gasteiger partial charge is 0.494 e. The minimum atomic E-state index is 0.638. The summed E-state index contributed by atoms with van der Waals surface area (Å²) in [5.41, 5.74) is 1.20. The lowest BCUT2D eigenvalue weighted by atomic mass is 10.2. The van der Waals surface area contributed by atoms with E-state index in [9.17, 15) is 0 Å². The SMILES string of the molecule is C=CCn1c(CCCOc2cccc(C)c2)n[nH]c1=S. The number of benzene rings is 1. The molecule has 0 spiro atoms. The molecule has 2 aromatic rings. The quantitative estimate of drug-likeness (QED) is 0.482. The zero-order valence-electron chi connectivity index (χ0n) is 11.6. The van der Waals surface area contributed by atoms with E-state index in [4.69, 9.17) is 17.0 Å². The second kappa shape index (κ2) is 7.05. The van der Waals surface area contributed by atoms with E-state index in [-0.39, 0.29) is 0 Å². The Morgan fingerprint density at radius 3 is 3.10 bits per heavy atom. The number of H-pyrrole nitrogens is 1. The van der Waals surface area contributed by atoms with E-state index in [0.29, 0.717) is 17.9 Å². The lowest BCUT2D eigenvalue weighted by Gasteiger charge is -2.07. The van der Waals surface area contributed by atoms with Crippen LogP contribution in [-0.2, 0) is 13.0 Å². The number of rotatable bonds is 7. The molecule has 0 aliphatic carbocycles. The summed E-state index contributed by atoms with van der Waals surface area (Å²) in [4.78, 5) is 0. The number of aromatic nitrogens is 3.